The summed E-state index contributed by atoms with van der Waals surface area (Å²) in [6.45, 7) is 0.0425. The molecule has 138 valence electrons. The average molecular weight is 366 g/mol. The van der Waals surface area contributed by atoms with E-state index in [0.29, 0.717) is 11.3 Å². The molecule has 0 fully saturated rings. The van der Waals surface area contributed by atoms with Crippen LogP contribution in [0.3, 0.4) is 0 Å². The lowest BCUT2D eigenvalue weighted by molar-refractivity contribution is -0.137. The van der Waals surface area contributed by atoms with Gasteiger partial charge in [-0.15, -0.1) is 0 Å². The molecule has 26 heavy (non-hydrogen) atoms. The third-order valence-corrected chi connectivity index (χ3v) is 3.44. The minimum atomic E-state index is -4.48. The topological polar surface area (TPSA) is 67.4 Å². The van der Waals surface area contributed by atoms with E-state index in [-0.39, 0.29) is 24.6 Å². The van der Waals surface area contributed by atoms with Crippen molar-refractivity contribution in [2.45, 2.75) is 12.6 Å². The number of halogens is 3. The van der Waals surface area contributed by atoms with E-state index in [9.17, 15) is 22.8 Å². The lowest BCUT2D eigenvalue weighted by Crippen LogP contribution is -2.27. The number of hydrogen-bond donors (Lipinski definition) is 2. The van der Waals surface area contributed by atoms with Gasteiger partial charge in [-0.05, 0) is 36.4 Å². The van der Waals surface area contributed by atoms with Crippen molar-refractivity contribution in [3.8, 4) is 5.75 Å². The van der Waals surface area contributed by atoms with Gasteiger partial charge in [0.25, 0.3) is 5.91 Å². The molecule has 0 atom stereocenters. The second-order valence-electron chi connectivity index (χ2n) is 5.36. The van der Waals surface area contributed by atoms with E-state index in [0.717, 1.165) is 12.1 Å². The van der Waals surface area contributed by atoms with Crippen LogP contribution in [0.15, 0.2) is 48.5 Å². The number of carbonyl (C=O) groups excluding carboxylic acids is 2. The smallest absolute Gasteiger partial charge is 0.416 e. The van der Waals surface area contributed by atoms with Gasteiger partial charge in [0.15, 0.2) is 0 Å². The molecule has 2 N–H and O–H groups in total. The molecular formula is C18H17F3N2O3. The van der Waals surface area contributed by atoms with E-state index in [1.807, 2.05) is 0 Å². The normalized spacial score (nSPS) is 10.9. The fourth-order valence-corrected chi connectivity index (χ4v) is 2.15. The minimum Gasteiger partial charge on any atom is -0.497 e. The maximum Gasteiger partial charge on any atom is 0.416 e. The van der Waals surface area contributed by atoms with Gasteiger partial charge in [0.05, 0.1) is 12.7 Å². The molecule has 2 amide bonds. The molecule has 0 spiro atoms. The standard InChI is InChI=1S/C18H17F3N2O3/c1-26-15-7-2-4-12(10-15)17(25)22-9-8-16(24)23-14-6-3-5-13(11-14)18(19,20)21/h2-7,10-11H,8-9H2,1H3,(H,22,25)(H,23,24). The molecule has 0 aromatic heterocycles. The first-order chi connectivity index (χ1) is 12.3. The zero-order valence-electron chi connectivity index (χ0n) is 13.9. The number of hydrogen-bond acceptors (Lipinski definition) is 3. The molecule has 0 aliphatic carbocycles. The highest BCUT2D eigenvalue weighted by molar-refractivity contribution is 5.95. The Morgan fingerprint density at radius 3 is 2.50 bits per heavy atom. The van der Waals surface area contributed by atoms with E-state index < -0.39 is 17.6 Å². The molecule has 2 aromatic rings. The molecule has 8 heteroatoms. The molecule has 0 saturated carbocycles. The van der Waals surface area contributed by atoms with E-state index in [2.05, 4.69) is 10.6 Å². The number of anilines is 1. The van der Waals surface area contributed by atoms with Crippen LogP contribution in [0.2, 0.25) is 0 Å². The van der Waals surface area contributed by atoms with Crippen LogP contribution >= 0.6 is 0 Å². The fraction of sp³-hybridized carbons (Fsp3) is 0.222. The predicted molar refractivity (Wildman–Crippen MR) is 90.0 cm³/mol. The Morgan fingerprint density at radius 2 is 1.81 bits per heavy atom. The molecular weight excluding hydrogens is 349 g/mol. The Labute approximate surface area is 148 Å². The van der Waals surface area contributed by atoms with Gasteiger partial charge in [-0.25, -0.2) is 0 Å². The van der Waals surface area contributed by atoms with Gasteiger partial charge < -0.3 is 15.4 Å². The number of ether oxygens (including phenoxy) is 1. The summed E-state index contributed by atoms with van der Waals surface area (Å²) < 4.78 is 43.0. The Balaban J connectivity index is 1.84. The summed E-state index contributed by atoms with van der Waals surface area (Å²) in [5.74, 6) is -0.356. The maximum absolute atomic E-state index is 12.6. The quantitative estimate of drug-likeness (QED) is 0.823. The summed E-state index contributed by atoms with van der Waals surface area (Å²) >= 11 is 0. The van der Waals surface area contributed by atoms with Gasteiger partial charge in [0, 0.05) is 24.2 Å². The lowest BCUT2D eigenvalue weighted by Gasteiger charge is -2.10. The minimum absolute atomic E-state index is 0.0425. The highest BCUT2D eigenvalue weighted by Crippen LogP contribution is 2.30. The SMILES string of the molecule is COc1cccc(C(=O)NCCC(=O)Nc2cccc(C(F)(F)F)c2)c1. The first kappa shape index (κ1) is 19.3. The second kappa shape index (κ2) is 8.37. The van der Waals surface area contributed by atoms with Gasteiger partial charge in [0.2, 0.25) is 5.91 Å². The van der Waals surface area contributed by atoms with Gasteiger partial charge in [-0.3, -0.25) is 9.59 Å². The Kier molecular flexibility index (Phi) is 6.21. The van der Waals surface area contributed by atoms with Crippen LogP contribution in [-0.4, -0.2) is 25.5 Å². The van der Waals surface area contributed by atoms with Crippen LogP contribution in [0.5, 0.6) is 5.75 Å². The average Bonchev–Trinajstić information content (AvgIpc) is 2.61. The summed E-state index contributed by atoms with van der Waals surface area (Å²) in [6, 6.07) is 10.9. The summed E-state index contributed by atoms with van der Waals surface area (Å²) in [4.78, 5) is 23.8. The van der Waals surface area contributed by atoms with Crippen LogP contribution in [0.4, 0.5) is 18.9 Å². The largest absolute Gasteiger partial charge is 0.497 e. The van der Waals surface area contributed by atoms with Crippen molar-refractivity contribution in [3.63, 3.8) is 0 Å². The van der Waals surface area contributed by atoms with Crippen molar-refractivity contribution in [2.75, 3.05) is 19.0 Å². The summed E-state index contributed by atoms with van der Waals surface area (Å²) in [7, 11) is 1.48. The Bertz CT molecular complexity index is 791. The van der Waals surface area contributed by atoms with Gasteiger partial charge >= 0.3 is 6.18 Å². The molecule has 5 nitrogen and oxygen atoms in total. The highest BCUT2D eigenvalue weighted by Gasteiger charge is 2.30. The predicted octanol–water partition coefficient (Wildman–Crippen LogP) is 3.47. The van der Waals surface area contributed by atoms with Crippen LogP contribution < -0.4 is 15.4 Å². The van der Waals surface area contributed by atoms with Crippen molar-refractivity contribution >= 4 is 17.5 Å². The number of amides is 2. The molecule has 2 aromatic carbocycles. The van der Waals surface area contributed by atoms with Crippen LogP contribution in [-0.2, 0) is 11.0 Å². The number of alkyl halides is 3. The first-order valence-electron chi connectivity index (χ1n) is 7.69. The summed E-state index contributed by atoms with van der Waals surface area (Å²) in [6.07, 6.45) is -4.56. The number of methoxy groups -OCH3 is 1. The van der Waals surface area contributed by atoms with Gasteiger partial charge in [-0.1, -0.05) is 12.1 Å². The van der Waals surface area contributed by atoms with E-state index in [1.165, 1.54) is 19.2 Å². The fourth-order valence-electron chi connectivity index (χ4n) is 2.15. The van der Waals surface area contributed by atoms with E-state index in [1.54, 1.807) is 24.3 Å². The third-order valence-electron chi connectivity index (χ3n) is 3.44. The van der Waals surface area contributed by atoms with Gasteiger partial charge in [0.1, 0.15) is 5.75 Å². The van der Waals surface area contributed by atoms with Crippen molar-refractivity contribution < 1.29 is 27.5 Å². The van der Waals surface area contributed by atoms with Crippen LogP contribution in [0.1, 0.15) is 22.3 Å². The number of benzene rings is 2. The summed E-state index contributed by atoms with van der Waals surface area (Å²) in [5.41, 5.74) is -0.423. The third kappa shape index (κ3) is 5.51. The van der Waals surface area contributed by atoms with Gasteiger partial charge in [-0.2, -0.15) is 13.2 Å². The Hall–Kier alpha value is -3.03. The molecule has 0 aliphatic rings. The van der Waals surface area contributed by atoms with E-state index >= 15 is 0 Å². The summed E-state index contributed by atoms with van der Waals surface area (Å²) in [5, 5.41) is 4.94. The molecule has 0 unspecified atom stereocenters. The maximum atomic E-state index is 12.6. The molecule has 0 bridgehead atoms. The molecule has 0 radical (unpaired) electrons. The molecule has 0 heterocycles. The van der Waals surface area contributed by atoms with Crippen molar-refractivity contribution in [2.24, 2.45) is 0 Å². The van der Waals surface area contributed by atoms with Crippen molar-refractivity contribution in [3.05, 3.63) is 59.7 Å². The Morgan fingerprint density at radius 1 is 1.08 bits per heavy atom. The van der Waals surface area contributed by atoms with E-state index in [4.69, 9.17) is 4.74 Å². The van der Waals surface area contributed by atoms with Crippen LogP contribution in [0, 0.1) is 0 Å². The number of nitrogens with one attached hydrogen (secondary N) is 2. The van der Waals surface area contributed by atoms with Crippen molar-refractivity contribution in [1.29, 1.82) is 0 Å². The van der Waals surface area contributed by atoms with Crippen molar-refractivity contribution in [1.82, 2.24) is 5.32 Å². The zero-order chi connectivity index (χ0) is 19.2. The lowest BCUT2D eigenvalue weighted by atomic mass is 10.2. The second-order valence-corrected chi connectivity index (χ2v) is 5.36. The van der Waals surface area contributed by atoms with Crippen LogP contribution in [0.25, 0.3) is 0 Å². The first-order valence-corrected chi connectivity index (χ1v) is 7.69. The monoisotopic (exact) mass is 366 g/mol. The zero-order valence-corrected chi connectivity index (χ0v) is 13.9. The highest BCUT2D eigenvalue weighted by atomic mass is 19.4. The molecule has 2 rings (SSSR count). The molecule has 0 saturated heterocycles. The number of rotatable bonds is 6. The molecule has 0 aliphatic heterocycles. The number of carbonyl (C=O) groups is 2.